The van der Waals surface area contributed by atoms with Crippen LogP contribution in [0.25, 0.3) is 20.5 Å². The average Bonchev–Trinajstić information content (AvgIpc) is 3.13. The number of hydrogen-bond acceptors (Lipinski definition) is 6. The Kier molecular flexibility index (Phi) is 5.20. The first kappa shape index (κ1) is 17.6. The summed E-state index contributed by atoms with van der Waals surface area (Å²) in [6, 6.07) is 9.72. The van der Waals surface area contributed by atoms with Gasteiger partial charge in [-0.15, -0.1) is 22.7 Å². The molecule has 0 fully saturated rings. The van der Waals surface area contributed by atoms with Gasteiger partial charge in [-0.1, -0.05) is 30.3 Å². The largest absolute Gasteiger partial charge is 0.462 e. The molecule has 0 N–H and O–H groups in total. The van der Waals surface area contributed by atoms with E-state index in [1.807, 2.05) is 37.3 Å². The maximum absolute atomic E-state index is 12.4. The van der Waals surface area contributed by atoms with Gasteiger partial charge in [-0.3, -0.25) is 0 Å². The fourth-order valence-electron chi connectivity index (χ4n) is 2.72. The van der Waals surface area contributed by atoms with E-state index in [1.54, 1.807) is 13.8 Å². The second-order valence-corrected chi connectivity index (χ2v) is 7.63. The number of carbonyl (C=O) groups excluding carboxylic acids is 2. The molecule has 0 unspecified atom stereocenters. The molecule has 0 spiro atoms. The number of thiophene rings is 2. The second kappa shape index (κ2) is 7.37. The summed E-state index contributed by atoms with van der Waals surface area (Å²) in [7, 11) is 0. The SMILES string of the molecule is CCOC(=O)c1sc2sc(C(=O)OCC)c(-c3ccccc3)c2c1C. The van der Waals surface area contributed by atoms with Crippen molar-refractivity contribution in [2.45, 2.75) is 20.8 Å². The summed E-state index contributed by atoms with van der Waals surface area (Å²) in [6.07, 6.45) is 0. The molecule has 0 atom stereocenters. The van der Waals surface area contributed by atoms with Crippen molar-refractivity contribution in [3.8, 4) is 11.1 Å². The number of esters is 2. The number of fused-ring (bicyclic) bond motifs is 1. The lowest BCUT2D eigenvalue weighted by molar-refractivity contribution is 0.0523. The summed E-state index contributed by atoms with van der Waals surface area (Å²) >= 11 is 2.75. The third-order valence-electron chi connectivity index (χ3n) is 3.77. The Bertz CT molecular complexity index is 922. The fourth-order valence-corrected chi connectivity index (χ4v) is 5.33. The highest BCUT2D eigenvalue weighted by molar-refractivity contribution is 7.40. The highest BCUT2D eigenvalue weighted by Gasteiger charge is 2.27. The van der Waals surface area contributed by atoms with Crippen LogP contribution in [0.2, 0.25) is 0 Å². The molecule has 1 aromatic carbocycles. The molecule has 0 saturated carbocycles. The minimum atomic E-state index is -0.327. The molecule has 0 amide bonds. The number of ether oxygens (including phenoxy) is 2. The van der Waals surface area contributed by atoms with Gasteiger partial charge in [0.2, 0.25) is 0 Å². The summed E-state index contributed by atoms with van der Waals surface area (Å²) in [5, 5.41) is 0.937. The minimum Gasteiger partial charge on any atom is -0.462 e. The zero-order chi connectivity index (χ0) is 18.0. The Morgan fingerprint density at radius 1 is 0.920 bits per heavy atom. The molecule has 3 rings (SSSR count). The van der Waals surface area contributed by atoms with Crippen molar-refractivity contribution in [2.75, 3.05) is 13.2 Å². The highest BCUT2D eigenvalue weighted by Crippen LogP contribution is 2.46. The number of carbonyl (C=O) groups is 2. The second-order valence-electron chi connectivity index (χ2n) is 5.33. The van der Waals surface area contributed by atoms with Gasteiger partial charge in [0.25, 0.3) is 0 Å². The highest BCUT2D eigenvalue weighted by atomic mass is 32.2. The zero-order valence-electron chi connectivity index (χ0n) is 14.3. The molecule has 2 heterocycles. The van der Waals surface area contributed by atoms with Crippen LogP contribution in [0.3, 0.4) is 0 Å². The number of hydrogen-bond donors (Lipinski definition) is 0. The fraction of sp³-hybridized carbons (Fsp3) is 0.263. The van der Waals surface area contributed by atoms with Crippen LogP contribution in [0.1, 0.15) is 38.8 Å². The molecule has 0 aliphatic rings. The van der Waals surface area contributed by atoms with E-state index in [4.69, 9.17) is 9.47 Å². The van der Waals surface area contributed by atoms with Gasteiger partial charge in [-0.25, -0.2) is 9.59 Å². The molecular weight excluding hydrogens is 356 g/mol. The number of rotatable bonds is 5. The lowest BCUT2D eigenvalue weighted by Crippen LogP contribution is -2.05. The predicted octanol–water partition coefficient (Wildman–Crippen LogP) is 5.29. The van der Waals surface area contributed by atoms with E-state index in [9.17, 15) is 9.59 Å². The van der Waals surface area contributed by atoms with Crippen molar-refractivity contribution in [3.63, 3.8) is 0 Å². The molecule has 0 aliphatic carbocycles. The van der Waals surface area contributed by atoms with E-state index in [1.165, 1.54) is 22.7 Å². The molecule has 3 aromatic rings. The van der Waals surface area contributed by atoms with Gasteiger partial charge in [-0.05, 0) is 31.9 Å². The first-order valence-electron chi connectivity index (χ1n) is 8.04. The summed E-state index contributed by atoms with van der Waals surface area (Å²) in [6.45, 7) is 6.14. The minimum absolute atomic E-state index is 0.315. The molecule has 0 aliphatic heterocycles. The summed E-state index contributed by atoms with van der Waals surface area (Å²) in [4.78, 5) is 25.8. The maximum Gasteiger partial charge on any atom is 0.349 e. The van der Waals surface area contributed by atoms with E-state index < -0.39 is 0 Å². The quantitative estimate of drug-likeness (QED) is 0.569. The van der Waals surface area contributed by atoms with Crippen molar-refractivity contribution in [1.82, 2.24) is 0 Å². The van der Waals surface area contributed by atoms with Crippen molar-refractivity contribution in [2.24, 2.45) is 0 Å². The van der Waals surface area contributed by atoms with Crippen LogP contribution < -0.4 is 0 Å². The Hall–Kier alpha value is -2.18. The van der Waals surface area contributed by atoms with Crippen LogP contribution in [-0.4, -0.2) is 25.2 Å². The number of benzene rings is 1. The predicted molar refractivity (Wildman–Crippen MR) is 102 cm³/mol. The standard InChI is InChI=1S/C19H18O4S2/c1-4-22-17(20)15-11(3)13-14(12-9-7-6-8-10-12)16(18(21)23-5-2)25-19(13)24-15/h6-10H,4-5H2,1-3H3. The van der Waals surface area contributed by atoms with Gasteiger partial charge < -0.3 is 9.47 Å². The first-order chi connectivity index (χ1) is 12.1. The van der Waals surface area contributed by atoms with Crippen LogP contribution in [0, 0.1) is 6.92 Å². The average molecular weight is 374 g/mol. The molecule has 130 valence electrons. The monoisotopic (exact) mass is 374 g/mol. The third kappa shape index (κ3) is 3.19. The van der Waals surface area contributed by atoms with E-state index in [-0.39, 0.29) is 11.9 Å². The van der Waals surface area contributed by atoms with E-state index in [0.717, 1.165) is 26.1 Å². The molecule has 0 bridgehead atoms. The van der Waals surface area contributed by atoms with Crippen LogP contribution in [-0.2, 0) is 9.47 Å². The Labute approximate surface area is 154 Å². The Morgan fingerprint density at radius 2 is 1.48 bits per heavy atom. The van der Waals surface area contributed by atoms with E-state index in [2.05, 4.69) is 0 Å². The molecule has 25 heavy (non-hydrogen) atoms. The Morgan fingerprint density at radius 3 is 2.08 bits per heavy atom. The molecular formula is C19H18O4S2. The van der Waals surface area contributed by atoms with E-state index in [0.29, 0.717) is 23.0 Å². The first-order valence-corrected chi connectivity index (χ1v) is 9.67. The van der Waals surface area contributed by atoms with Crippen LogP contribution in [0.4, 0.5) is 0 Å². The maximum atomic E-state index is 12.4. The molecule has 0 saturated heterocycles. The van der Waals surface area contributed by atoms with Crippen molar-refractivity contribution >= 4 is 44.0 Å². The van der Waals surface area contributed by atoms with Crippen LogP contribution >= 0.6 is 22.7 Å². The van der Waals surface area contributed by atoms with E-state index >= 15 is 0 Å². The van der Waals surface area contributed by atoms with Gasteiger partial charge in [0.15, 0.2) is 0 Å². The third-order valence-corrected chi connectivity index (χ3v) is 6.30. The summed E-state index contributed by atoms with van der Waals surface area (Å²) in [5.41, 5.74) is 2.63. The van der Waals surface area contributed by atoms with Crippen LogP contribution in [0.15, 0.2) is 30.3 Å². The molecule has 6 heteroatoms. The molecule has 4 nitrogen and oxygen atoms in total. The van der Waals surface area contributed by atoms with Crippen molar-refractivity contribution in [3.05, 3.63) is 45.6 Å². The summed E-state index contributed by atoms with van der Waals surface area (Å²) < 4.78 is 11.3. The summed E-state index contributed by atoms with van der Waals surface area (Å²) in [5.74, 6) is -0.642. The molecule has 2 aromatic heterocycles. The van der Waals surface area contributed by atoms with Gasteiger partial charge in [-0.2, -0.15) is 0 Å². The lowest BCUT2D eigenvalue weighted by atomic mass is 10.0. The number of aryl methyl sites for hydroxylation is 1. The zero-order valence-corrected chi connectivity index (χ0v) is 15.9. The van der Waals surface area contributed by atoms with Gasteiger partial charge in [0.1, 0.15) is 9.75 Å². The Balaban J connectivity index is 2.25. The van der Waals surface area contributed by atoms with Crippen LogP contribution in [0.5, 0.6) is 0 Å². The lowest BCUT2D eigenvalue weighted by Gasteiger charge is -2.06. The molecule has 0 radical (unpaired) electrons. The smallest absolute Gasteiger partial charge is 0.349 e. The van der Waals surface area contributed by atoms with Crippen molar-refractivity contribution < 1.29 is 19.1 Å². The topological polar surface area (TPSA) is 52.6 Å². The van der Waals surface area contributed by atoms with Crippen molar-refractivity contribution in [1.29, 1.82) is 0 Å². The van der Waals surface area contributed by atoms with Gasteiger partial charge >= 0.3 is 11.9 Å². The van der Waals surface area contributed by atoms with Gasteiger partial charge in [0.05, 0.1) is 17.2 Å². The van der Waals surface area contributed by atoms with Gasteiger partial charge in [0, 0.05) is 10.9 Å². The normalized spacial score (nSPS) is 10.8.